The largest absolute Gasteiger partial charge is 0.314 e. The number of rotatable bonds is 7. The summed E-state index contributed by atoms with van der Waals surface area (Å²) in [6.07, 6.45) is 2.38. The van der Waals surface area contributed by atoms with Gasteiger partial charge >= 0.3 is 0 Å². The lowest BCUT2D eigenvalue weighted by Gasteiger charge is -2.27. The molecule has 1 aliphatic heterocycles. The Morgan fingerprint density at radius 3 is 2.80 bits per heavy atom. The lowest BCUT2D eigenvalue weighted by atomic mass is 10.3. The zero-order valence-corrected chi connectivity index (χ0v) is 12.7. The van der Waals surface area contributed by atoms with Crippen molar-refractivity contribution in [2.24, 2.45) is 0 Å². The quantitative estimate of drug-likeness (QED) is 0.708. The van der Waals surface area contributed by atoms with Crippen molar-refractivity contribution in [2.75, 3.05) is 39.3 Å². The van der Waals surface area contributed by atoms with Crippen molar-refractivity contribution >= 4 is 10.0 Å². The van der Waals surface area contributed by atoms with Gasteiger partial charge < -0.3 is 5.32 Å². The Morgan fingerprint density at radius 2 is 2.10 bits per heavy atom. The first-order valence-electron chi connectivity index (χ1n) is 7.08. The lowest BCUT2D eigenvalue weighted by Crippen LogP contribution is -2.46. The predicted octanol–water partition coefficient (Wildman–Crippen LogP) is -0.523. The van der Waals surface area contributed by atoms with E-state index in [0.717, 1.165) is 39.1 Å². The van der Waals surface area contributed by atoms with Crippen LogP contribution in [-0.2, 0) is 16.6 Å². The minimum Gasteiger partial charge on any atom is -0.314 e. The first-order valence-corrected chi connectivity index (χ1v) is 8.56. The van der Waals surface area contributed by atoms with Crippen molar-refractivity contribution < 1.29 is 8.42 Å². The monoisotopic (exact) mass is 301 g/mol. The number of hydrogen-bond acceptors (Lipinski definition) is 5. The van der Waals surface area contributed by atoms with Gasteiger partial charge in [-0.25, -0.2) is 13.1 Å². The first kappa shape index (κ1) is 15.4. The first-order chi connectivity index (χ1) is 9.63. The highest BCUT2D eigenvalue weighted by Gasteiger charge is 2.19. The molecular formula is C12H23N5O2S. The van der Waals surface area contributed by atoms with Gasteiger partial charge in [0.2, 0.25) is 0 Å². The number of nitrogens with zero attached hydrogens (tertiary/aromatic N) is 3. The van der Waals surface area contributed by atoms with Crippen LogP contribution in [0.1, 0.15) is 13.3 Å². The average molecular weight is 301 g/mol. The van der Waals surface area contributed by atoms with Gasteiger partial charge in [0.05, 0.1) is 6.20 Å². The molecular weight excluding hydrogens is 278 g/mol. The molecule has 2 rings (SSSR count). The topological polar surface area (TPSA) is 79.3 Å². The third kappa shape index (κ3) is 4.02. The van der Waals surface area contributed by atoms with E-state index in [2.05, 4.69) is 20.0 Å². The summed E-state index contributed by atoms with van der Waals surface area (Å²) in [5.74, 6) is 0. The summed E-state index contributed by atoms with van der Waals surface area (Å²) < 4.78 is 28.6. The molecule has 0 spiro atoms. The fraction of sp³-hybridized carbons (Fsp3) is 0.750. The Labute approximate surface area is 120 Å². The Kier molecular flexibility index (Phi) is 5.53. The lowest BCUT2D eigenvalue weighted by molar-refractivity contribution is 0.245. The van der Waals surface area contributed by atoms with E-state index in [9.17, 15) is 8.42 Å². The second kappa shape index (κ2) is 7.16. The Balaban J connectivity index is 1.88. The van der Waals surface area contributed by atoms with Crippen LogP contribution in [0.3, 0.4) is 0 Å². The second-order valence-electron chi connectivity index (χ2n) is 4.88. The van der Waals surface area contributed by atoms with Gasteiger partial charge in [0.1, 0.15) is 0 Å². The molecule has 0 bridgehead atoms. The van der Waals surface area contributed by atoms with Crippen LogP contribution in [0.15, 0.2) is 17.3 Å². The van der Waals surface area contributed by atoms with Crippen LogP contribution in [0.25, 0.3) is 0 Å². The molecule has 1 aromatic rings. The minimum atomic E-state index is -3.46. The van der Waals surface area contributed by atoms with Gasteiger partial charge in [-0.2, -0.15) is 5.10 Å². The number of sulfonamides is 1. The van der Waals surface area contributed by atoms with Crippen molar-refractivity contribution in [2.45, 2.75) is 24.9 Å². The predicted molar refractivity (Wildman–Crippen MR) is 77.0 cm³/mol. The molecule has 0 aromatic carbocycles. The molecule has 1 aromatic heterocycles. The summed E-state index contributed by atoms with van der Waals surface area (Å²) >= 11 is 0. The van der Waals surface area contributed by atoms with Gasteiger partial charge in [0.15, 0.2) is 5.03 Å². The van der Waals surface area contributed by atoms with Crippen molar-refractivity contribution in [3.63, 3.8) is 0 Å². The maximum atomic E-state index is 12.2. The minimum absolute atomic E-state index is 0.250. The van der Waals surface area contributed by atoms with E-state index in [1.807, 2.05) is 6.92 Å². The molecule has 1 aliphatic rings. The number of nitrogens with one attached hydrogen (secondary N) is 2. The van der Waals surface area contributed by atoms with E-state index in [1.165, 1.54) is 10.9 Å². The highest BCUT2D eigenvalue weighted by atomic mass is 32.2. The van der Waals surface area contributed by atoms with Crippen molar-refractivity contribution in [3.05, 3.63) is 12.3 Å². The molecule has 0 radical (unpaired) electrons. The molecule has 2 heterocycles. The van der Waals surface area contributed by atoms with Crippen LogP contribution in [0.5, 0.6) is 0 Å². The van der Waals surface area contributed by atoms with Crippen molar-refractivity contribution in [1.82, 2.24) is 24.7 Å². The molecule has 0 aliphatic carbocycles. The summed E-state index contributed by atoms with van der Waals surface area (Å²) in [6, 6.07) is 1.54. The standard InChI is InChI=1S/C12H23N5O2S/c1-2-8-17-12(3-4-14-17)20(18,19)15-7-11-16-9-5-13-6-10-16/h3-4,13,15H,2,5-11H2,1H3. The van der Waals surface area contributed by atoms with Gasteiger partial charge in [-0.1, -0.05) is 6.92 Å². The fourth-order valence-electron chi connectivity index (χ4n) is 2.28. The van der Waals surface area contributed by atoms with Gasteiger partial charge in [0, 0.05) is 45.8 Å². The Morgan fingerprint density at radius 1 is 1.35 bits per heavy atom. The zero-order chi connectivity index (χ0) is 14.4. The van der Waals surface area contributed by atoms with Gasteiger partial charge in [0.25, 0.3) is 10.0 Å². The molecule has 0 unspecified atom stereocenters. The third-order valence-corrected chi connectivity index (χ3v) is 4.80. The number of piperazine rings is 1. The molecule has 1 saturated heterocycles. The van der Waals surface area contributed by atoms with E-state index in [1.54, 1.807) is 6.07 Å². The second-order valence-corrected chi connectivity index (χ2v) is 6.60. The highest BCUT2D eigenvalue weighted by molar-refractivity contribution is 7.89. The molecule has 8 heteroatoms. The molecule has 0 atom stereocenters. The summed E-state index contributed by atoms with van der Waals surface area (Å²) in [5, 5.41) is 7.57. The maximum absolute atomic E-state index is 12.2. The normalized spacial score (nSPS) is 17.4. The van der Waals surface area contributed by atoms with Crippen LogP contribution in [0.2, 0.25) is 0 Å². The van der Waals surface area contributed by atoms with Crippen LogP contribution in [-0.4, -0.2) is 62.4 Å². The molecule has 114 valence electrons. The number of aromatic nitrogens is 2. The summed E-state index contributed by atoms with van der Waals surface area (Å²) in [7, 11) is -3.46. The van der Waals surface area contributed by atoms with Gasteiger partial charge in [-0.05, 0) is 12.5 Å². The molecule has 2 N–H and O–H groups in total. The maximum Gasteiger partial charge on any atom is 0.257 e. The number of aryl methyl sites for hydroxylation is 1. The van der Waals surface area contributed by atoms with Crippen molar-refractivity contribution in [3.8, 4) is 0 Å². The molecule has 1 fully saturated rings. The fourth-order valence-corrected chi connectivity index (χ4v) is 3.44. The SMILES string of the molecule is CCCn1nccc1S(=O)(=O)NCCN1CCNCC1. The highest BCUT2D eigenvalue weighted by Crippen LogP contribution is 2.08. The summed E-state index contributed by atoms with van der Waals surface area (Å²) in [6.45, 7) is 7.65. The van der Waals surface area contributed by atoms with E-state index in [4.69, 9.17) is 0 Å². The average Bonchev–Trinajstić information content (AvgIpc) is 2.89. The molecule has 20 heavy (non-hydrogen) atoms. The molecule has 0 saturated carbocycles. The third-order valence-electron chi connectivity index (χ3n) is 3.32. The van der Waals surface area contributed by atoms with E-state index in [0.29, 0.717) is 13.1 Å². The van der Waals surface area contributed by atoms with Crippen LogP contribution in [0.4, 0.5) is 0 Å². The Hall–Kier alpha value is -0.960. The van der Waals surface area contributed by atoms with Crippen molar-refractivity contribution in [1.29, 1.82) is 0 Å². The van der Waals surface area contributed by atoms with E-state index in [-0.39, 0.29) is 5.03 Å². The van der Waals surface area contributed by atoms with Crippen LogP contribution in [0, 0.1) is 0 Å². The van der Waals surface area contributed by atoms with E-state index >= 15 is 0 Å². The molecule has 0 amide bonds. The van der Waals surface area contributed by atoms with Gasteiger partial charge in [-0.3, -0.25) is 9.58 Å². The summed E-state index contributed by atoms with van der Waals surface area (Å²) in [4.78, 5) is 2.25. The van der Waals surface area contributed by atoms with E-state index < -0.39 is 10.0 Å². The van der Waals surface area contributed by atoms with Crippen LogP contribution < -0.4 is 10.0 Å². The zero-order valence-electron chi connectivity index (χ0n) is 11.9. The molecule has 7 nitrogen and oxygen atoms in total. The summed E-state index contributed by atoms with van der Waals surface area (Å²) in [5.41, 5.74) is 0. The van der Waals surface area contributed by atoms with Crippen LogP contribution >= 0.6 is 0 Å². The Bertz CT molecular complexity index is 508. The number of hydrogen-bond donors (Lipinski definition) is 2. The van der Waals surface area contributed by atoms with Gasteiger partial charge in [-0.15, -0.1) is 0 Å². The smallest absolute Gasteiger partial charge is 0.257 e.